The zero-order valence-electron chi connectivity index (χ0n) is 11.8. The second kappa shape index (κ2) is 5.85. The van der Waals surface area contributed by atoms with Crippen LogP contribution in [-0.2, 0) is 23.0 Å². The third-order valence-corrected chi connectivity index (χ3v) is 4.50. The summed E-state index contributed by atoms with van der Waals surface area (Å²) in [5.74, 6) is -0.669. The summed E-state index contributed by atoms with van der Waals surface area (Å²) in [5, 5.41) is 0.328. The maximum Gasteiger partial charge on any atom is 0.534 e. The van der Waals surface area contributed by atoms with E-state index in [0.717, 1.165) is 0 Å². The molecule has 1 aliphatic rings. The van der Waals surface area contributed by atoms with Crippen LogP contribution in [0.3, 0.4) is 0 Å². The van der Waals surface area contributed by atoms with E-state index in [1.165, 1.54) is 18.3 Å². The molecular formula is C13H9ClF3N3O3S. The molecule has 1 aliphatic carbocycles. The van der Waals surface area contributed by atoms with E-state index in [2.05, 4.69) is 19.1 Å². The molecule has 2 aromatic heterocycles. The first kappa shape index (κ1) is 16.9. The molecule has 0 aromatic carbocycles. The van der Waals surface area contributed by atoms with Gasteiger partial charge in [-0.3, -0.25) is 4.98 Å². The Labute approximate surface area is 139 Å². The molecule has 3 rings (SSSR count). The number of rotatable bonds is 3. The van der Waals surface area contributed by atoms with Crippen molar-refractivity contribution < 1.29 is 25.8 Å². The van der Waals surface area contributed by atoms with Crippen LogP contribution in [0.5, 0.6) is 5.88 Å². The molecule has 2 aromatic rings. The van der Waals surface area contributed by atoms with E-state index in [-0.39, 0.29) is 17.1 Å². The van der Waals surface area contributed by atoms with Gasteiger partial charge in [0, 0.05) is 16.8 Å². The van der Waals surface area contributed by atoms with Crippen molar-refractivity contribution in [2.75, 3.05) is 0 Å². The summed E-state index contributed by atoms with van der Waals surface area (Å²) in [5.41, 5.74) is -4.65. The van der Waals surface area contributed by atoms with Gasteiger partial charge in [0.2, 0.25) is 5.88 Å². The minimum atomic E-state index is -5.82. The average Bonchev–Trinajstić information content (AvgIpc) is 2.94. The van der Waals surface area contributed by atoms with Crippen LogP contribution in [0.15, 0.2) is 18.3 Å². The molecule has 6 nitrogen and oxygen atoms in total. The number of aryl methyl sites for hydroxylation is 1. The van der Waals surface area contributed by atoms with Gasteiger partial charge in [-0.15, -0.1) is 0 Å². The molecule has 0 atom stereocenters. The topological polar surface area (TPSA) is 82.0 Å². The van der Waals surface area contributed by atoms with E-state index in [9.17, 15) is 21.6 Å². The summed E-state index contributed by atoms with van der Waals surface area (Å²) in [7, 11) is -5.82. The van der Waals surface area contributed by atoms with Crippen LogP contribution >= 0.6 is 11.6 Å². The van der Waals surface area contributed by atoms with Gasteiger partial charge in [-0.2, -0.15) is 26.6 Å². The average molecular weight is 380 g/mol. The summed E-state index contributed by atoms with van der Waals surface area (Å²) < 4.78 is 64.5. The summed E-state index contributed by atoms with van der Waals surface area (Å²) >= 11 is 5.85. The predicted octanol–water partition coefficient (Wildman–Crippen LogP) is 2.91. The molecular weight excluding hydrogens is 371 g/mol. The highest BCUT2D eigenvalue weighted by Crippen LogP contribution is 2.34. The van der Waals surface area contributed by atoms with Crippen molar-refractivity contribution in [2.24, 2.45) is 0 Å². The molecule has 0 radical (unpaired) electrons. The first-order valence-corrected chi connectivity index (χ1v) is 8.48. The van der Waals surface area contributed by atoms with E-state index in [0.29, 0.717) is 30.0 Å². The third-order valence-electron chi connectivity index (χ3n) is 3.32. The minimum Gasteiger partial charge on any atom is -0.355 e. The number of pyridine rings is 1. The first-order chi connectivity index (χ1) is 11.2. The lowest BCUT2D eigenvalue weighted by Crippen LogP contribution is -2.29. The molecule has 0 unspecified atom stereocenters. The van der Waals surface area contributed by atoms with E-state index in [1.54, 1.807) is 0 Å². The summed E-state index contributed by atoms with van der Waals surface area (Å²) in [6.07, 6.45) is 2.80. The Bertz CT molecular complexity index is 903. The van der Waals surface area contributed by atoms with Crippen LogP contribution in [0, 0.1) is 0 Å². The summed E-state index contributed by atoms with van der Waals surface area (Å²) in [6.45, 7) is 0. The number of halogens is 4. The van der Waals surface area contributed by atoms with Crippen molar-refractivity contribution in [2.45, 2.75) is 24.8 Å². The van der Waals surface area contributed by atoms with Gasteiger partial charge in [0.15, 0.2) is 5.82 Å². The zero-order chi connectivity index (χ0) is 17.5. The zero-order valence-corrected chi connectivity index (χ0v) is 13.4. The van der Waals surface area contributed by atoms with Gasteiger partial charge < -0.3 is 4.18 Å². The van der Waals surface area contributed by atoms with Gasteiger partial charge in [0.05, 0.1) is 5.69 Å². The van der Waals surface area contributed by atoms with E-state index < -0.39 is 21.5 Å². The highest BCUT2D eigenvalue weighted by Gasteiger charge is 2.49. The molecule has 0 fully saturated rings. The van der Waals surface area contributed by atoms with Crippen molar-refractivity contribution in [3.63, 3.8) is 0 Å². The predicted molar refractivity (Wildman–Crippen MR) is 77.9 cm³/mol. The Hall–Kier alpha value is -1.94. The Morgan fingerprint density at radius 3 is 2.62 bits per heavy atom. The quantitative estimate of drug-likeness (QED) is 0.602. The highest BCUT2D eigenvalue weighted by molar-refractivity contribution is 7.87. The number of hydrogen-bond donors (Lipinski definition) is 0. The SMILES string of the molecule is O=S(=O)(Oc1nc(-c2cc(Cl)ccn2)nc2c1CCC2)C(F)(F)F. The lowest BCUT2D eigenvalue weighted by Gasteiger charge is -2.12. The molecule has 24 heavy (non-hydrogen) atoms. The standard InChI is InChI=1S/C13H9ClF3N3O3S/c14-7-4-5-18-10(6-7)11-19-9-3-1-2-8(9)12(20-11)23-24(21,22)13(15,16)17/h4-6H,1-3H2. The van der Waals surface area contributed by atoms with E-state index in [1.807, 2.05) is 0 Å². The summed E-state index contributed by atoms with van der Waals surface area (Å²) in [6, 6.07) is 2.92. The van der Waals surface area contributed by atoms with Gasteiger partial charge in [-0.25, -0.2) is 4.98 Å². The second-order valence-electron chi connectivity index (χ2n) is 4.97. The van der Waals surface area contributed by atoms with Crippen molar-refractivity contribution in [3.8, 4) is 17.4 Å². The largest absolute Gasteiger partial charge is 0.534 e. The van der Waals surface area contributed by atoms with Crippen LogP contribution in [0.25, 0.3) is 11.5 Å². The number of alkyl halides is 3. The lowest BCUT2D eigenvalue weighted by molar-refractivity contribution is -0.0501. The van der Waals surface area contributed by atoms with Gasteiger partial charge in [0.1, 0.15) is 5.69 Å². The number of fused-ring (bicyclic) bond motifs is 1. The Balaban J connectivity index is 2.10. The molecule has 0 N–H and O–H groups in total. The van der Waals surface area contributed by atoms with Crippen molar-refractivity contribution in [3.05, 3.63) is 34.6 Å². The van der Waals surface area contributed by atoms with Crippen molar-refractivity contribution >= 4 is 21.7 Å². The van der Waals surface area contributed by atoms with Crippen molar-refractivity contribution in [1.29, 1.82) is 0 Å². The molecule has 2 heterocycles. The Kier molecular flexibility index (Phi) is 4.12. The maximum atomic E-state index is 12.6. The Morgan fingerprint density at radius 1 is 1.21 bits per heavy atom. The maximum absolute atomic E-state index is 12.6. The molecule has 0 bridgehead atoms. The Morgan fingerprint density at radius 2 is 1.96 bits per heavy atom. The molecule has 0 amide bonds. The normalized spacial score (nSPS) is 14.5. The molecule has 128 valence electrons. The number of hydrogen-bond acceptors (Lipinski definition) is 6. The van der Waals surface area contributed by atoms with Gasteiger partial charge in [-0.1, -0.05) is 11.6 Å². The second-order valence-corrected chi connectivity index (χ2v) is 6.95. The highest BCUT2D eigenvalue weighted by atomic mass is 35.5. The molecule has 0 spiro atoms. The lowest BCUT2D eigenvalue weighted by atomic mass is 10.2. The first-order valence-electron chi connectivity index (χ1n) is 6.70. The van der Waals surface area contributed by atoms with E-state index >= 15 is 0 Å². The van der Waals surface area contributed by atoms with Crippen LogP contribution < -0.4 is 4.18 Å². The molecule has 0 aliphatic heterocycles. The number of nitrogens with zero attached hydrogens (tertiary/aromatic N) is 3. The fourth-order valence-corrected chi connectivity index (χ4v) is 2.86. The van der Waals surface area contributed by atoms with Crippen LogP contribution in [-0.4, -0.2) is 28.9 Å². The number of aromatic nitrogens is 3. The molecule has 0 saturated carbocycles. The summed E-state index contributed by atoms with van der Waals surface area (Å²) in [4.78, 5) is 12.0. The van der Waals surface area contributed by atoms with Crippen LogP contribution in [0.4, 0.5) is 13.2 Å². The molecule has 11 heteroatoms. The van der Waals surface area contributed by atoms with Gasteiger partial charge >= 0.3 is 15.6 Å². The monoisotopic (exact) mass is 379 g/mol. The fraction of sp³-hybridized carbons (Fsp3) is 0.308. The fourth-order valence-electron chi connectivity index (χ4n) is 2.26. The smallest absolute Gasteiger partial charge is 0.355 e. The van der Waals surface area contributed by atoms with Gasteiger partial charge in [-0.05, 0) is 31.4 Å². The van der Waals surface area contributed by atoms with Gasteiger partial charge in [0.25, 0.3) is 0 Å². The van der Waals surface area contributed by atoms with E-state index in [4.69, 9.17) is 11.6 Å². The van der Waals surface area contributed by atoms with Crippen LogP contribution in [0.2, 0.25) is 5.02 Å². The molecule has 0 saturated heterocycles. The third kappa shape index (κ3) is 3.16. The van der Waals surface area contributed by atoms with Crippen molar-refractivity contribution in [1.82, 2.24) is 15.0 Å². The minimum absolute atomic E-state index is 0.0504. The van der Waals surface area contributed by atoms with Crippen LogP contribution in [0.1, 0.15) is 17.7 Å².